The van der Waals surface area contributed by atoms with E-state index in [0.29, 0.717) is 6.61 Å². The predicted molar refractivity (Wildman–Crippen MR) is 84.2 cm³/mol. The Balaban J connectivity index is 1.59. The molecule has 1 unspecified atom stereocenters. The second kappa shape index (κ2) is 8.15. The molecule has 5 heteroatoms. The molecular weight excluding hydrogens is 326 g/mol. The SMILES string of the molecule is OCCCSCCNCC1Cc2cc(Br)ccc2O1. The lowest BCUT2D eigenvalue weighted by molar-refractivity contribution is 0.229. The zero-order valence-corrected chi connectivity index (χ0v) is 13.3. The van der Waals surface area contributed by atoms with E-state index in [1.54, 1.807) is 0 Å². The summed E-state index contributed by atoms with van der Waals surface area (Å²) < 4.78 is 7.00. The smallest absolute Gasteiger partial charge is 0.123 e. The maximum absolute atomic E-state index is 8.67. The molecule has 1 aromatic carbocycles. The number of benzene rings is 1. The summed E-state index contributed by atoms with van der Waals surface area (Å²) in [5.74, 6) is 3.15. The summed E-state index contributed by atoms with van der Waals surface area (Å²) in [7, 11) is 0. The molecule has 1 atom stereocenters. The third-order valence-corrected chi connectivity index (χ3v) is 4.57. The van der Waals surface area contributed by atoms with Crippen molar-refractivity contribution in [1.82, 2.24) is 5.32 Å². The molecular formula is C14H20BrNO2S. The number of fused-ring (bicyclic) bond motifs is 1. The highest BCUT2D eigenvalue weighted by Gasteiger charge is 2.22. The highest BCUT2D eigenvalue weighted by molar-refractivity contribution is 9.10. The van der Waals surface area contributed by atoms with Gasteiger partial charge < -0.3 is 15.2 Å². The molecule has 19 heavy (non-hydrogen) atoms. The van der Waals surface area contributed by atoms with Crippen LogP contribution in [0.2, 0.25) is 0 Å². The molecule has 0 aromatic heterocycles. The Morgan fingerprint density at radius 1 is 1.42 bits per heavy atom. The molecule has 1 heterocycles. The Bertz CT molecular complexity index is 403. The van der Waals surface area contributed by atoms with Crippen LogP contribution in [0, 0.1) is 0 Å². The zero-order chi connectivity index (χ0) is 13.5. The van der Waals surface area contributed by atoms with Crippen LogP contribution in [0.15, 0.2) is 22.7 Å². The van der Waals surface area contributed by atoms with E-state index < -0.39 is 0 Å². The van der Waals surface area contributed by atoms with E-state index in [-0.39, 0.29) is 6.10 Å². The first-order chi connectivity index (χ1) is 9.29. The van der Waals surface area contributed by atoms with Gasteiger partial charge in [0.1, 0.15) is 11.9 Å². The van der Waals surface area contributed by atoms with Gasteiger partial charge in [-0.2, -0.15) is 11.8 Å². The van der Waals surface area contributed by atoms with Crippen molar-refractivity contribution in [3.8, 4) is 5.75 Å². The second-order valence-corrected chi connectivity index (χ2v) is 6.73. The molecule has 0 spiro atoms. The molecule has 0 saturated heterocycles. The number of aliphatic hydroxyl groups is 1. The number of ether oxygens (including phenoxy) is 1. The molecule has 106 valence electrons. The first-order valence-corrected chi connectivity index (χ1v) is 8.59. The van der Waals surface area contributed by atoms with Crippen LogP contribution in [0.1, 0.15) is 12.0 Å². The Morgan fingerprint density at radius 3 is 3.16 bits per heavy atom. The minimum Gasteiger partial charge on any atom is -0.488 e. The monoisotopic (exact) mass is 345 g/mol. The van der Waals surface area contributed by atoms with Gasteiger partial charge in [0.2, 0.25) is 0 Å². The maximum atomic E-state index is 8.67. The van der Waals surface area contributed by atoms with Crippen LogP contribution in [0.25, 0.3) is 0 Å². The number of hydrogen-bond donors (Lipinski definition) is 2. The highest BCUT2D eigenvalue weighted by atomic mass is 79.9. The summed E-state index contributed by atoms with van der Waals surface area (Å²) in [6, 6.07) is 6.19. The number of rotatable bonds is 8. The van der Waals surface area contributed by atoms with Crippen molar-refractivity contribution in [2.24, 2.45) is 0 Å². The van der Waals surface area contributed by atoms with Crippen molar-refractivity contribution in [1.29, 1.82) is 0 Å². The molecule has 2 rings (SSSR count). The van der Waals surface area contributed by atoms with Crippen molar-refractivity contribution < 1.29 is 9.84 Å². The number of nitrogens with one attached hydrogen (secondary N) is 1. The summed E-state index contributed by atoms with van der Waals surface area (Å²) in [6.45, 7) is 2.19. The summed E-state index contributed by atoms with van der Waals surface area (Å²) in [5, 5.41) is 12.1. The number of aliphatic hydroxyl groups excluding tert-OH is 1. The molecule has 0 aliphatic carbocycles. The quantitative estimate of drug-likeness (QED) is 0.710. The topological polar surface area (TPSA) is 41.5 Å². The van der Waals surface area contributed by atoms with Crippen LogP contribution in [0.3, 0.4) is 0 Å². The molecule has 1 aliphatic rings. The van der Waals surface area contributed by atoms with Crippen molar-refractivity contribution in [2.45, 2.75) is 18.9 Å². The fraction of sp³-hybridized carbons (Fsp3) is 0.571. The van der Waals surface area contributed by atoms with Crippen molar-refractivity contribution in [2.75, 3.05) is 31.2 Å². The third kappa shape index (κ3) is 4.99. The van der Waals surface area contributed by atoms with Gasteiger partial charge in [0.05, 0.1) is 0 Å². The average Bonchev–Trinajstić information content (AvgIpc) is 2.79. The predicted octanol–water partition coefficient (Wildman–Crippen LogP) is 2.46. The first kappa shape index (κ1) is 15.2. The van der Waals surface area contributed by atoms with E-state index in [9.17, 15) is 0 Å². The Morgan fingerprint density at radius 2 is 2.32 bits per heavy atom. The average molecular weight is 346 g/mol. The van der Waals surface area contributed by atoms with Gasteiger partial charge in [-0.15, -0.1) is 0 Å². The van der Waals surface area contributed by atoms with E-state index in [1.807, 2.05) is 23.9 Å². The Kier molecular flexibility index (Phi) is 6.50. The lowest BCUT2D eigenvalue weighted by Gasteiger charge is -2.11. The van der Waals surface area contributed by atoms with E-state index in [1.165, 1.54) is 5.56 Å². The summed E-state index contributed by atoms with van der Waals surface area (Å²) in [5.41, 5.74) is 1.29. The second-order valence-electron chi connectivity index (χ2n) is 4.59. The normalized spacial score (nSPS) is 17.3. The molecule has 0 amide bonds. The zero-order valence-electron chi connectivity index (χ0n) is 10.9. The van der Waals surface area contributed by atoms with Gasteiger partial charge in [0, 0.05) is 36.3 Å². The molecule has 0 saturated carbocycles. The van der Waals surface area contributed by atoms with Gasteiger partial charge in [0.25, 0.3) is 0 Å². The fourth-order valence-corrected chi connectivity index (χ4v) is 3.31. The first-order valence-electron chi connectivity index (χ1n) is 6.64. The summed E-state index contributed by atoms with van der Waals surface area (Å²) in [6.07, 6.45) is 2.13. The Hall–Kier alpha value is -0.230. The van der Waals surface area contributed by atoms with Gasteiger partial charge in [-0.3, -0.25) is 0 Å². The van der Waals surface area contributed by atoms with Crippen LogP contribution < -0.4 is 10.1 Å². The van der Waals surface area contributed by atoms with Gasteiger partial charge >= 0.3 is 0 Å². The fourth-order valence-electron chi connectivity index (χ4n) is 2.08. The van der Waals surface area contributed by atoms with Crippen molar-refractivity contribution >= 4 is 27.7 Å². The molecule has 1 aromatic rings. The highest BCUT2D eigenvalue weighted by Crippen LogP contribution is 2.30. The molecule has 1 aliphatic heterocycles. The van der Waals surface area contributed by atoms with E-state index in [4.69, 9.17) is 9.84 Å². The standard InChI is InChI=1S/C14H20BrNO2S/c15-12-2-3-14-11(8-12)9-13(18-14)10-16-4-7-19-6-1-5-17/h2-3,8,13,16-17H,1,4-7,9-10H2. The maximum Gasteiger partial charge on any atom is 0.123 e. The molecule has 0 fully saturated rings. The molecule has 0 radical (unpaired) electrons. The lowest BCUT2D eigenvalue weighted by Crippen LogP contribution is -2.31. The number of halogens is 1. The van der Waals surface area contributed by atoms with Crippen LogP contribution in [0.5, 0.6) is 5.75 Å². The lowest BCUT2D eigenvalue weighted by atomic mass is 10.1. The van der Waals surface area contributed by atoms with E-state index >= 15 is 0 Å². The summed E-state index contributed by atoms with van der Waals surface area (Å²) in [4.78, 5) is 0. The van der Waals surface area contributed by atoms with Crippen LogP contribution in [-0.4, -0.2) is 42.4 Å². The van der Waals surface area contributed by atoms with Crippen LogP contribution >= 0.6 is 27.7 Å². The van der Waals surface area contributed by atoms with Crippen molar-refractivity contribution in [3.05, 3.63) is 28.2 Å². The van der Waals surface area contributed by atoms with Crippen LogP contribution in [-0.2, 0) is 6.42 Å². The number of hydrogen-bond acceptors (Lipinski definition) is 4. The van der Waals surface area contributed by atoms with Gasteiger partial charge in [0.15, 0.2) is 0 Å². The largest absolute Gasteiger partial charge is 0.488 e. The van der Waals surface area contributed by atoms with Gasteiger partial charge in [-0.05, 0) is 35.9 Å². The molecule has 0 bridgehead atoms. The number of thioether (sulfide) groups is 1. The van der Waals surface area contributed by atoms with Crippen LogP contribution in [0.4, 0.5) is 0 Å². The molecule has 2 N–H and O–H groups in total. The van der Waals surface area contributed by atoms with Gasteiger partial charge in [-0.25, -0.2) is 0 Å². The minimum atomic E-state index is 0.256. The van der Waals surface area contributed by atoms with E-state index in [2.05, 4.69) is 27.3 Å². The molecule has 3 nitrogen and oxygen atoms in total. The van der Waals surface area contributed by atoms with Gasteiger partial charge in [-0.1, -0.05) is 15.9 Å². The minimum absolute atomic E-state index is 0.256. The van der Waals surface area contributed by atoms with Crippen molar-refractivity contribution in [3.63, 3.8) is 0 Å². The summed E-state index contributed by atoms with van der Waals surface area (Å²) >= 11 is 5.37. The Labute approximate surface area is 127 Å². The third-order valence-electron chi connectivity index (χ3n) is 3.01. The van der Waals surface area contributed by atoms with E-state index in [0.717, 1.165) is 47.7 Å².